The van der Waals surface area contributed by atoms with Gasteiger partial charge >= 0.3 is 0 Å². The summed E-state index contributed by atoms with van der Waals surface area (Å²) in [6, 6.07) is 15.5. The smallest absolute Gasteiger partial charge is 0.126 e. The number of benzene rings is 2. The standard InChI is InChI=1S/C18H20FNO/c19-18-4-2-1-3-17(18)15-9-16(10-15)20-11-13-5-7-14(12-21)8-6-13/h1-8,15-16,20-21H,9-12H2. The van der Waals surface area contributed by atoms with E-state index in [1.165, 1.54) is 5.56 Å². The summed E-state index contributed by atoms with van der Waals surface area (Å²) < 4.78 is 13.7. The Balaban J connectivity index is 1.48. The van der Waals surface area contributed by atoms with Crippen LogP contribution < -0.4 is 5.32 Å². The van der Waals surface area contributed by atoms with Crippen molar-refractivity contribution in [3.63, 3.8) is 0 Å². The Morgan fingerprint density at radius 1 is 1.00 bits per heavy atom. The van der Waals surface area contributed by atoms with E-state index in [2.05, 4.69) is 5.32 Å². The zero-order valence-corrected chi connectivity index (χ0v) is 11.9. The number of rotatable bonds is 5. The predicted octanol–water partition coefficient (Wildman–Crippen LogP) is 3.35. The number of halogens is 1. The summed E-state index contributed by atoms with van der Waals surface area (Å²) in [4.78, 5) is 0. The van der Waals surface area contributed by atoms with Gasteiger partial charge in [0.2, 0.25) is 0 Å². The summed E-state index contributed by atoms with van der Waals surface area (Å²) in [6.45, 7) is 0.904. The molecule has 0 aromatic heterocycles. The molecular weight excluding hydrogens is 265 g/mol. The van der Waals surface area contributed by atoms with Gasteiger partial charge in [-0.05, 0) is 41.5 Å². The Hall–Kier alpha value is -1.71. The van der Waals surface area contributed by atoms with E-state index < -0.39 is 0 Å². The second kappa shape index (κ2) is 6.37. The first kappa shape index (κ1) is 14.2. The summed E-state index contributed by atoms with van der Waals surface area (Å²) in [5.41, 5.74) is 2.99. The molecule has 0 heterocycles. The fraction of sp³-hybridized carbons (Fsp3) is 0.333. The van der Waals surface area contributed by atoms with Crippen molar-refractivity contribution in [1.29, 1.82) is 0 Å². The minimum absolute atomic E-state index is 0.0828. The maximum atomic E-state index is 13.7. The monoisotopic (exact) mass is 285 g/mol. The molecule has 0 unspecified atom stereocenters. The molecule has 21 heavy (non-hydrogen) atoms. The van der Waals surface area contributed by atoms with E-state index >= 15 is 0 Å². The van der Waals surface area contributed by atoms with Gasteiger partial charge < -0.3 is 10.4 Å². The van der Waals surface area contributed by atoms with Crippen LogP contribution in [0.1, 0.15) is 35.4 Å². The van der Waals surface area contributed by atoms with Gasteiger partial charge in [0, 0.05) is 12.6 Å². The minimum Gasteiger partial charge on any atom is -0.392 e. The predicted molar refractivity (Wildman–Crippen MR) is 81.4 cm³/mol. The van der Waals surface area contributed by atoms with Gasteiger partial charge in [-0.3, -0.25) is 0 Å². The molecule has 1 aliphatic rings. The first-order valence-corrected chi connectivity index (χ1v) is 7.42. The average molecular weight is 285 g/mol. The topological polar surface area (TPSA) is 32.3 Å². The lowest BCUT2D eigenvalue weighted by atomic mass is 9.75. The molecule has 3 rings (SSSR count). The lowest BCUT2D eigenvalue weighted by Crippen LogP contribution is -2.39. The number of aliphatic hydroxyl groups excluding tert-OH is 1. The summed E-state index contributed by atoms with van der Waals surface area (Å²) in [5, 5.41) is 12.5. The quantitative estimate of drug-likeness (QED) is 0.883. The molecule has 2 aromatic rings. The summed E-state index contributed by atoms with van der Waals surface area (Å²) in [6.07, 6.45) is 1.99. The van der Waals surface area contributed by atoms with Crippen LogP contribution in [0.2, 0.25) is 0 Å². The average Bonchev–Trinajstić information content (AvgIpc) is 2.48. The van der Waals surface area contributed by atoms with E-state index in [0.29, 0.717) is 12.0 Å². The summed E-state index contributed by atoms with van der Waals surface area (Å²) >= 11 is 0. The van der Waals surface area contributed by atoms with Gasteiger partial charge in [-0.1, -0.05) is 42.5 Å². The van der Waals surface area contributed by atoms with E-state index in [9.17, 15) is 4.39 Å². The number of nitrogens with one attached hydrogen (secondary N) is 1. The van der Waals surface area contributed by atoms with Crippen LogP contribution in [0, 0.1) is 5.82 Å². The highest BCUT2D eigenvalue weighted by atomic mass is 19.1. The second-order valence-electron chi connectivity index (χ2n) is 5.74. The highest BCUT2D eigenvalue weighted by Crippen LogP contribution is 2.38. The molecule has 0 bridgehead atoms. The molecule has 0 spiro atoms. The van der Waals surface area contributed by atoms with Crippen LogP contribution in [0.5, 0.6) is 0 Å². The van der Waals surface area contributed by atoms with Crippen molar-refractivity contribution in [3.8, 4) is 0 Å². The van der Waals surface area contributed by atoms with E-state index in [0.717, 1.165) is 30.5 Å². The molecule has 110 valence electrons. The molecule has 3 heteroatoms. The zero-order chi connectivity index (χ0) is 14.7. The van der Waals surface area contributed by atoms with Crippen LogP contribution in [0.25, 0.3) is 0 Å². The van der Waals surface area contributed by atoms with Gasteiger partial charge in [-0.15, -0.1) is 0 Å². The molecule has 1 fully saturated rings. The second-order valence-corrected chi connectivity index (χ2v) is 5.74. The Morgan fingerprint density at radius 3 is 2.33 bits per heavy atom. The van der Waals surface area contributed by atoms with Gasteiger partial charge in [0.1, 0.15) is 5.82 Å². The molecule has 1 aliphatic carbocycles. The lowest BCUT2D eigenvalue weighted by molar-refractivity contribution is 0.281. The molecule has 0 atom stereocenters. The van der Waals surface area contributed by atoms with Crippen molar-refractivity contribution >= 4 is 0 Å². The van der Waals surface area contributed by atoms with Crippen molar-refractivity contribution in [2.45, 2.75) is 38.0 Å². The van der Waals surface area contributed by atoms with Crippen LogP contribution in [-0.4, -0.2) is 11.1 Å². The molecular formula is C18H20FNO. The Labute approximate surface area is 124 Å². The van der Waals surface area contributed by atoms with Crippen LogP contribution in [-0.2, 0) is 13.2 Å². The van der Waals surface area contributed by atoms with Gasteiger partial charge in [-0.2, -0.15) is 0 Å². The van der Waals surface area contributed by atoms with E-state index in [1.807, 2.05) is 36.4 Å². The molecule has 0 radical (unpaired) electrons. The largest absolute Gasteiger partial charge is 0.392 e. The van der Waals surface area contributed by atoms with Crippen LogP contribution in [0.15, 0.2) is 48.5 Å². The summed E-state index contributed by atoms with van der Waals surface area (Å²) in [7, 11) is 0. The van der Waals surface area contributed by atoms with Crippen LogP contribution in [0.4, 0.5) is 4.39 Å². The number of aliphatic hydroxyl groups is 1. The number of hydrogen-bond donors (Lipinski definition) is 2. The SMILES string of the molecule is OCc1ccc(CNC2CC(c3ccccc3F)C2)cc1. The van der Waals surface area contributed by atoms with Gasteiger partial charge in [0.05, 0.1) is 6.61 Å². The van der Waals surface area contributed by atoms with Crippen molar-refractivity contribution in [2.75, 3.05) is 0 Å². The highest BCUT2D eigenvalue weighted by molar-refractivity contribution is 5.25. The van der Waals surface area contributed by atoms with Crippen molar-refractivity contribution in [3.05, 3.63) is 71.0 Å². The molecule has 2 aromatic carbocycles. The van der Waals surface area contributed by atoms with Crippen LogP contribution in [0.3, 0.4) is 0 Å². The fourth-order valence-electron chi connectivity index (χ4n) is 2.87. The zero-order valence-electron chi connectivity index (χ0n) is 11.9. The normalized spacial score (nSPS) is 21.0. The third kappa shape index (κ3) is 3.31. The maximum absolute atomic E-state index is 13.7. The maximum Gasteiger partial charge on any atom is 0.126 e. The van der Waals surface area contributed by atoms with E-state index in [-0.39, 0.29) is 12.4 Å². The molecule has 0 amide bonds. The lowest BCUT2D eigenvalue weighted by Gasteiger charge is -2.36. The molecule has 0 saturated heterocycles. The van der Waals surface area contributed by atoms with Gasteiger partial charge in [0.15, 0.2) is 0 Å². The highest BCUT2D eigenvalue weighted by Gasteiger charge is 2.31. The Bertz CT molecular complexity index is 590. The van der Waals surface area contributed by atoms with Crippen molar-refractivity contribution < 1.29 is 9.50 Å². The fourth-order valence-corrected chi connectivity index (χ4v) is 2.87. The first-order chi connectivity index (χ1) is 10.3. The number of hydrogen-bond acceptors (Lipinski definition) is 2. The van der Waals surface area contributed by atoms with Gasteiger partial charge in [0.25, 0.3) is 0 Å². The first-order valence-electron chi connectivity index (χ1n) is 7.42. The van der Waals surface area contributed by atoms with E-state index in [4.69, 9.17) is 5.11 Å². The molecule has 2 nitrogen and oxygen atoms in total. The summed E-state index contributed by atoms with van der Waals surface area (Å²) in [5.74, 6) is 0.265. The van der Waals surface area contributed by atoms with Crippen molar-refractivity contribution in [1.82, 2.24) is 5.32 Å². The van der Waals surface area contributed by atoms with Gasteiger partial charge in [-0.25, -0.2) is 4.39 Å². The third-order valence-electron chi connectivity index (χ3n) is 4.28. The third-order valence-corrected chi connectivity index (χ3v) is 4.28. The van der Waals surface area contributed by atoms with E-state index in [1.54, 1.807) is 12.1 Å². The Kier molecular flexibility index (Phi) is 4.32. The Morgan fingerprint density at radius 2 is 1.67 bits per heavy atom. The minimum atomic E-state index is -0.0828. The van der Waals surface area contributed by atoms with Crippen LogP contribution >= 0.6 is 0 Å². The molecule has 2 N–H and O–H groups in total. The van der Waals surface area contributed by atoms with Crippen molar-refractivity contribution in [2.24, 2.45) is 0 Å². The molecule has 1 saturated carbocycles. The molecule has 0 aliphatic heterocycles.